The largest absolute Gasteiger partial charge is 0.445 e. The van der Waals surface area contributed by atoms with Gasteiger partial charge in [0, 0.05) is 6.54 Å². The maximum atomic E-state index is 12.1. The van der Waals surface area contributed by atoms with Crippen LogP contribution in [0.1, 0.15) is 20.8 Å². The Balaban J connectivity index is 2.84. The van der Waals surface area contributed by atoms with E-state index in [1.54, 1.807) is 0 Å². The fourth-order valence-electron chi connectivity index (χ4n) is 2.70. The molecule has 0 saturated carbocycles. The van der Waals surface area contributed by atoms with Crippen LogP contribution in [0, 0.1) is 0 Å². The van der Waals surface area contributed by atoms with Crippen molar-refractivity contribution in [2.24, 2.45) is 0 Å². The minimum atomic E-state index is -2.16. The highest BCUT2D eigenvalue weighted by Crippen LogP contribution is 2.37. The van der Waals surface area contributed by atoms with Crippen LogP contribution in [0.2, 0.25) is 18.1 Å². The molecule has 34 heavy (non-hydrogen) atoms. The number of hydrogen-bond acceptors (Lipinski definition) is 9. The average molecular weight is 505 g/mol. The minimum Gasteiger partial charge on any atom is -0.445 e. The van der Waals surface area contributed by atoms with Gasteiger partial charge in [-0.2, -0.15) is 0 Å². The van der Waals surface area contributed by atoms with Gasteiger partial charge in [-0.3, -0.25) is 0 Å². The lowest BCUT2D eigenvalue weighted by Crippen LogP contribution is -2.65. The first kappa shape index (κ1) is 30.1. The van der Waals surface area contributed by atoms with Crippen molar-refractivity contribution in [2.45, 2.75) is 69.5 Å². The van der Waals surface area contributed by atoms with Crippen molar-refractivity contribution in [2.75, 3.05) is 33.0 Å². The van der Waals surface area contributed by atoms with Crippen molar-refractivity contribution in [3.05, 3.63) is 25.3 Å². The summed E-state index contributed by atoms with van der Waals surface area (Å²) in [7, 11) is -2.16. The van der Waals surface area contributed by atoms with Crippen LogP contribution in [0.25, 0.3) is 0 Å². The third kappa shape index (κ3) is 9.35. The van der Waals surface area contributed by atoms with Crippen LogP contribution in [0.4, 0.5) is 9.59 Å². The summed E-state index contributed by atoms with van der Waals surface area (Å²) in [5, 5.41) is 26.3. The number of carbonyl (C=O) groups excluding carboxylic acids is 2. The standard InChI is InChI=1S/C22H40N2O9Si/c1-8-11-30-20(27)23-10-13-29-19-16(24-21(28)31-12-9-2)18(26)17(25)15(33-19)14-32-34(6,7)22(3,4)5/h8-9,15-19,25-26H,1-2,10-14H2,3-7H3,(H,23,27)(H,24,28)/t15-,16+,17-,18-,19+/m1/s1. The van der Waals surface area contributed by atoms with E-state index in [2.05, 4.69) is 57.7 Å². The first-order chi connectivity index (χ1) is 15.8. The first-order valence-electron chi connectivity index (χ1n) is 11.2. The number of rotatable bonds is 12. The molecule has 0 bridgehead atoms. The molecule has 0 aliphatic carbocycles. The van der Waals surface area contributed by atoms with Gasteiger partial charge in [-0.25, -0.2) is 9.59 Å². The Morgan fingerprint density at radius 1 is 1.06 bits per heavy atom. The van der Waals surface area contributed by atoms with E-state index in [9.17, 15) is 19.8 Å². The molecule has 5 atom stereocenters. The lowest BCUT2D eigenvalue weighted by Gasteiger charge is -2.44. The predicted molar refractivity (Wildman–Crippen MR) is 128 cm³/mol. The lowest BCUT2D eigenvalue weighted by atomic mass is 9.97. The van der Waals surface area contributed by atoms with Crippen LogP contribution in [-0.2, 0) is 23.4 Å². The van der Waals surface area contributed by atoms with E-state index in [0.29, 0.717) is 0 Å². The summed E-state index contributed by atoms with van der Waals surface area (Å²) < 4.78 is 27.4. The number of amides is 2. The zero-order valence-electron chi connectivity index (χ0n) is 20.7. The van der Waals surface area contributed by atoms with Crippen LogP contribution in [0.3, 0.4) is 0 Å². The van der Waals surface area contributed by atoms with Crippen LogP contribution < -0.4 is 10.6 Å². The van der Waals surface area contributed by atoms with Crippen molar-refractivity contribution in [3.63, 3.8) is 0 Å². The third-order valence-corrected chi connectivity index (χ3v) is 10.2. The molecule has 0 aromatic rings. The maximum absolute atomic E-state index is 12.1. The minimum absolute atomic E-state index is 0.0215. The monoisotopic (exact) mass is 504 g/mol. The Morgan fingerprint density at radius 2 is 1.65 bits per heavy atom. The number of alkyl carbamates (subject to hydrolysis) is 2. The molecule has 1 aliphatic rings. The van der Waals surface area contributed by atoms with Gasteiger partial charge >= 0.3 is 12.2 Å². The number of carbonyl (C=O) groups is 2. The van der Waals surface area contributed by atoms with Gasteiger partial charge in [0.1, 0.15) is 37.6 Å². The third-order valence-electron chi connectivity index (χ3n) is 5.72. The Morgan fingerprint density at radius 3 is 2.21 bits per heavy atom. The van der Waals surface area contributed by atoms with Gasteiger partial charge in [0.15, 0.2) is 14.6 Å². The molecular formula is C22H40N2O9Si. The normalized spacial score (nSPS) is 25.2. The second-order valence-electron chi connectivity index (χ2n) is 9.34. The molecule has 2 amide bonds. The average Bonchev–Trinajstić information content (AvgIpc) is 2.76. The van der Waals surface area contributed by atoms with Gasteiger partial charge in [-0.05, 0) is 18.1 Å². The van der Waals surface area contributed by atoms with E-state index in [1.165, 1.54) is 12.2 Å². The van der Waals surface area contributed by atoms with Crippen LogP contribution >= 0.6 is 0 Å². The fourth-order valence-corrected chi connectivity index (χ4v) is 3.71. The Labute approximate surface area is 202 Å². The van der Waals surface area contributed by atoms with E-state index >= 15 is 0 Å². The zero-order valence-corrected chi connectivity index (χ0v) is 21.7. The first-order valence-corrected chi connectivity index (χ1v) is 14.1. The number of ether oxygens (including phenoxy) is 4. The summed E-state index contributed by atoms with van der Waals surface area (Å²) in [5.41, 5.74) is 0. The van der Waals surface area contributed by atoms with Crippen molar-refractivity contribution in [3.8, 4) is 0 Å². The number of aliphatic hydroxyl groups excluding tert-OH is 2. The van der Waals surface area contributed by atoms with Crippen LogP contribution in [0.5, 0.6) is 0 Å². The van der Waals surface area contributed by atoms with Crippen molar-refractivity contribution in [1.29, 1.82) is 0 Å². The topological polar surface area (TPSA) is 145 Å². The second-order valence-corrected chi connectivity index (χ2v) is 14.1. The van der Waals surface area contributed by atoms with Gasteiger partial charge in [0.25, 0.3) is 0 Å². The predicted octanol–water partition coefficient (Wildman–Crippen LogP) is 1.66. The van der Waals surface area contributed by atoms with E-state index in [1.807, 2.05) is 0 Å². The second kappa shape index (κ2) is 13.8. The van der Waals surface area contributed by atoms with E-state index in [0.717, 1.165) is 0 Å². The molecule has 1 aliphatic heterocycles. The van der Waals surface area contributed by atoms with Crippen molar-refractivity contribution < 1.29 is 43.2 Å². The molecule has 0 unspecified atom stereocenters. The molecule has 0 aromatic carbocycles. The van der Waals surface area contributed by atoms with E-state index in [-0.39, 0.29) is 38.0 Å². The highest BCUT2D eigenvalue weighted by molar-refractivity contribution is 6.74. The molecular weight excluding hydrogens is 464 g/mol. The highest BCUT2D eigenvalue weighted by Gasteiger charge is 2.47. The molecule has 1 heterocycles. The van der Waals surface area contributed by atoms with Gasteiger partial charge in [0.2, 0.25) is 0 Å². The fraction of sp³-hybridized carbons (Fsp3) is 0.727. The lowest BCUT2D eigenvalue weighted by molar-refractivity contribution is -0.268. The molecule has 12 heteroatoms. The zero-order chi connectivity index (χ0) is 25.9. The van der Waals surface area contributed by atoms with E-state index < -0.39 is 51.1 Å². The number of nitrogens with one attached hydrogen (secondary N) is 2. The molecule has 1 saturated heterocycles. The summed E-state index contributed by atoms with van der Waals surface area (Å²) in [5.74, 6) is 0. The molecule has 4 N–H and O–H groups in total. The summed E-state index contributed by atoms with van der Waals surface area (Å²) in [6.45, 7) is 17.4. The molecule has 0 spiro atoms. The summed E-state index contributed by atoms with van der Waals surface area (Å²) >= 11 is 0. The SMILES string of the molecule is C=CCOC(=O)NCCO[C@H]1O[C@H](CO[Si](C)(C)C(C)(C)C)[C@@H](O)[C@H](O)[C@@H]1NC(=O)OCC=C. The van der Waals surface area contributed by atoms with Crippen molar-refractivity contribution in [1.82, 2.24) is 10.6 Å². The smallest absolute Gasteiger partial charge is 0.407 e. The molecule has 11 nitrogen and oxygen atoms in total. The maximum Gasteiger partial charge on any atom is 0.407 e. The van der Waals surface area contributed by atoms with Gasteiger partial charge < -0.3 is 44.2 Å². The Kier molecular flexibility index (Phi) is 12.2. The highest BCUT2D eigenvalue weighted by atomic mass is 28.4. The molecule has 0 aromatic heterocycles. The van der Waals surface area contributed by atoms with Gasteiger partial charge in [-0.15, -0.1) is 0 Å². The molecule has 0 radical (unpaired) electrons. The summed E-state index contributed by atoms with van der Waals surface area (Å²) in [6, 6.07) is -1.14. The molecule has 1 fully saturated rings. The summed E-state index contributed by atoms with van der Waals surface area (Å²) in [6.07, 6.45) is -3.47. The van der Waals surface area contributed by atoms with Crippen LogP contribution in [-0.4, -0.2) is 94.3 Å². The molecule has 196 valence electrons. The quantitative estimate of drug-likeness (QED) is 0.177. The number of hydrogen-bond donors (Lipinski definition) is 4. The van der Waals surface area contributed by atoms with Gasteiger partial charge in [0.05, 0.1) is 13.2 Å². The summed E-state index contributed by atoms with van der Waals surface area (Å²) in [4.78, 5) is 23.6. The van der Waals surface area contributed by atoms with Crippen LogP contribution in [0.15, 0.2) is 25.3 Å². The Hall–Kier alpha value is -1.96. The van der Waals surface area contributed by atoms with Crippen molar-refractivity contribution >= 4 is 20.5 Å². The Bertz CT molecular complexity index is 684. The number of aliphatic hydroxyl groups is 2. The molecule has 1 rings (SSSR count). The van der Waals surface area contributed by atoms with E-state index in [4.69, 9.17) is 23.4 Å². The van der Waals surface area contributed by atoms with Gasteiger partial charge in [-0.1, -0.05) is 46.1 Å².